The van der Waals surface area contributed by atoms with Crippen molar-refractivity contribution >= 4 is 81.1 Å². The Morgan fingerprint density at radius 2 is 1.14 bits per heavy atom. The predicted octanol–water partition coefficient (Wildman–Crippen LogP) is 13.1. The van der Waals surface area contributed by atoms with Gasteiger partial charge < -0.3 is 14.3 Å². The van der Waals surface area contributed by atoms with Crippen LogP contribution < -0.4 is 10.6 Å². The highest BCUT2D eigenvalue weighted by Gasteiger charge is 2.26. The zero-order valence-electron chi connectivity index (χ0n) is 30.7. The lowest BCUT2D eigenvalue weighted by atomic mass is 9.99. The number of fused-ring (bicyclic) bond motifs is 9. The first-order valence-electron chi connectivity index (χ1n) is 19.4. The van der Waals surface area contributed by atoms with Crippen LogP contribution in [0, 0.1) is 0 Å². The second-order valence-electron chi connectivity index (χ2n) is 14.7. The summed E-state index contributed by atoms with van der Waals surface area (Å²) in [6.07, 6.45) is -0.371. The molecule has 0 radical (unpaired) electrons. The van der Waals surface area contributed by atoms with E-state index in [1.54, 1.807) is 0 Å². The Hall–Kier alpha value is -6.99. The third kappa shape index (κ3) is 5.08. The zero-order valence-corrected chi connectivity index (χ0v) is 31.5. The standard InChI is InChI=1S/C51H34N4OS/c1-3-14-31(15-4-1)49-52-50(32-16-5-2-6-17-32)54-51(53-49)33-28-29-45-41(30-33)37-21-11-20-36(46(37)56-45)38-22-12-23-39-40-24-13-27-44(48(40)57-47(38)39)55-42-25-9-7-18-34(42)35-19-8-10-26-43(35)55/h1-30,49,51,53H,(H,52,54). The summed E-state index contributed by atoms with van der Waals surface area (Å²) in [5.74, 6) is 0.866. The highest BCUT2D eigenvalue weighted by atomic mass is 32.1. The van der Waals surface area contributed by atoms with Crippen LogP contribution in [0.3, 0.4) is 0 Å². The van der Waals surface area contributed by atoms with Crippen LogP contribution in [0.1, 0.15) is 29.0 Å². The van der Waals surface area contributed by atoms with E-state index >= 15 is 0 Å². The lowest BCUT2D eigenvalue weighted by molar-refractivity contribution is 0.409. The van der Waals surface area contributed by atoms with E-state index in [0.717, 1.165) is 50.0 Å². The van der Waals surface area contributed by atoms with Crippen LogP contribution in [-0.4, -0.2) is 10.4 Å². The van der Waals surface area contributed by atoms with Crippen LogP contribution in [0.4, 0.5) is 0 Å². The number of nitrogens with one attached hydrogen (secondary N) is 2. The average molecular weight is 751 g/mol. The molecule has 0 fully saturated rings. The van der Waals surface area contributed by atoms with Gasteiger partial charge in [-0.25, -0.2) is 4.99 Å². The molecule has 0 amide bonds. The second kappa shape index (κ2) is 12.8. The van der Waals surface area contributed by atoms with Crippen molar-refractivity contribution in [1.29, 1.82) is 0 Å². The lowest BCUT2D eigenvalue weighted by Crippen LogP contribution is -2.44. The third-order valence-corrected chi connectivity index (χ3v) is 12.8. The van der Waals surface area contributed by atoms with Gasteiger partial charge in [0.1, 0.15) is 29.3 Å². The summed E-state index contributed by atoms with van der Waals surface area (Å²) in [6.45, 7) is 0. The Balaban J connectivity index is 1.000. The summed E-state index contributed by atoms with van der Waals surface area (Å²) in [5.41, 5.74) is 10.9. The molecule has 0 aliphatic carbocycles. The van der Waals surface area contributed by atoms with E-state index in [1.807, 2.05) is 23.5 Å². The van der Waals surface area contributed by atoms with E-state index in [4.69, 9.17) is 9.41 Å². The van der Waals surface area contributed by atoms with Crippen molar-refractivity contribution in [1.82, 2.24) is 15.2 Å². The molecule has 2 unspecified atom stereocenters. The maximum atomic E-state index is 6.80. The number of aliphatic imine (C=N–C) groups is 1. The van der Waals surface area contributed by atoms with Crippen LogP contribution in [0.25, 0.3) is 80.7 Å². The van der Waals surface area contributed by atoms with Crippen molar-refractivity contribution in [2.75, 3.05) is 0 Å². The van der Waals surface area contributed by atoms with Crippen molar-refractivity contribution in [3.8, 4) is 16.8 Å². The molecule has 57 heavy (non-hydrogen) atoms. The Morgan fingerprint density at radius 1 is 0.509 bits per heavy atom. The van der Waals surface area contributed by atoms with Gasteiger partial charge in [-0.1, -0.05) is 152 Å². The number of furan rings is 1. The number of benzene rings is 8. The van der Waals surface area contributed by atoms with Crippen molar-refractivity contribution in [3.05, 3.63) is 199 Å². The van der Waals surface area contributed by atoms with Crippen molar-refractivity contribution in [2.45, 2.75) is 12.3 Å². The Bertz CT molecular complexity index is 3320. The van der Waals surface area contributed by atoms with Gasteiger partial charge in [-0.2, -0.15) is 0 Å². The first-order valence-corrected chi connectivity index (χ1v) is 20.2. The zero-order chi connectivity index (χ0) is 37.5. The number of amidine groups is 1. The van der Waals surface area contributed by atoms with Gasteiger partial charge in [0.2, 0.25) is 0 Å². The van der Waals surface area contributed by atoms with Gasteiger partial charge in [-0.15, -0.1) is 11.3 Å². The van der Waals surface area contributed by atoms with Crippen LogP contribution in [0.5, 0.6) is 0 Å². The van der Waals surface area contributed by atoms with Crippen LogP contribution in [0.15, 0.2) is 191 Å². The fourth-order valence-electron chi connectivity index (χ4n) is 8.86. The van der Waals surface area contributed by atoms with Crippen LogP contribution >= 0.6 is 11.3 Å². The Kier molecular flexibility index (Phi) is 7.24. The minimum atomic E-state index is -0.264. The quantitative estimate of drug-likeness (QED) is 0.184. The molecule has 8 aromatic carbocycles. The molecular weight excluding hydrogens is 717 g/mol. The molecule has 0 bridgehead atoms. The molecule has 12 rings (SSSR count). The molecule has 3 aromatic heterocycles. The second-order valence-corrected chi connectivity index (χ2v) is 15.8. The van der Waals surface area contributed by atoms with Crippen molar-refractivity contribution in [2.24, 2.45) is 4.99 Å². The minimum Gasteiger partial charge on any atom is -0.455 e. The number of hydrogen-bond acceptors (Lipinski definition) is 5. The summed E-state index contributed by atoms with van der Waals surface area (Å²) >= 11 is 1.87. The van der Waals surface area contributed by atoms with E-state index in [0.29, 0.717) is 0 Å². The summed E-state index contributed by atoms with van der Waals surface area (Å²) in [7, 11) is 0. The van der Waals surface area contributed by atoms with Gasteiger partial charge in [0.05, 0.1) is 21.4 Å². The first kappa shape index (κ1) is 32.3. The molecule has 0 saturated heterocycles. The molecule has 1 aliphatic rings. The van der Waals surface area contributed by atoms with E-state index in [2.05, 4.69) is 185 Å². The fraction of sp³-hybridized carbons (Fsp3) is 0.0392. The average Bonchev–Trinajstić information content (AvgIpc) is 3.96. The molecular formula is C51H34N4OS. The normalized spacial score (nSPS) is 15.9. The topological polar surface area (TPSA) is 54.5 Å². The summed E-state index contributed by atoms with van der Waals surface area (Å²) in [4.78, 5) is 5.21. The molecule has 5 nitrogen and oxygen atoms in total. The van der Waals surface area contributed by atoms with Crippen molar-refractivity contribution < 1.29 is 4.42 Å². The van der Waals surface area contributed by atoms with E-state index in [1.165, 1.54) is 53.2 Å². The van der Waals surface area contributed by atoms with Gasteiger partial charge >= 0.3 is 0 Å². The minimum absolute atomic E-state index is 0.107. The summed E-state index contributed by atoms with van der Waals surface area (Å²) in [5, 5.41) is 14.6. The maximum absolute atomic E-state index is 6.80. The van der Waals surface area contributed by atoms with Gasteiger partial charge in [0.25, 0.3) is 0 Å². The highest BCUT2D eigenvalue weighted by Crippen LogP contribution is 2.46. The fourth-order valence-corrected chi connectivity index (χ4v) is 10.2. The lowest BCUT2D eigenvalue weighted by Gasteiger charge is -2.32. The first-order chi connectivity index (χ1) is 28.3. The van der Waals surface area contributed by atoms with Gasteiger partial charge in [-0.3, -0.25) is 5.32 Å². The van der Waals surface area contributed by atoms with E-state index < -0.39 is 0 Å². The maximum Gasteiger partial charge on any atom is 0.143 e. The molecule has 1 aliphatic heterocycles. The molecule has 4 heterocycles. The van der Waals surface area contributed by atoms with Gasteiger partial charge in [0.15, 0.2) is 0 Å². The van der Waals surface area contributed by atoms with E-state index in [9.17, 15) is 0 Å². The summed E-state index contributed by atoms with van der Waals surface area (Å²) in [6, 6.07) is 64.8. The van der Waals surface area contributed by atoms with Gasteiger partial charge in [0, 0.05) is 53.7 Å². The number of thiophene rings is 1. The molecule has 270 valence electrons. The number of para-hydroxylation sites is 3. The molecule has 0 spiro atoms. The Morgan fingerprint density at radius 3 is 1.91 bits per heavy atom. The molecule has 2 atom stereocenters. The number of aromatic nitrogens is 1. The van der Waals surface area contributed by atoms with Gasteiger partial charge in [-0.05, 0) is 41.5 Å². The number of nitrogens with zero attached hydrogens (tertiary/aromatic N) is 2. The molecule has 0 saturated carbocycles. The summed E-state index contributed by atoms with van der Waals surface area (Å²) < 4.78 is 11.8. The van der Waals surface area contributed by atoms with E-state index in [-0.39, 0.29) is 12.3 Å². The smallest absolute Gasteiger partial charge is 0.143 e. The predicted molar refractivity (Wildman–Crippen MR) is 238 cm³/mol. The third-order valence-electron chi connectivity index (χ3n) is 11.5. The Labute approximate surface area is 332 Å². The van der Waals surface area contributed by atoms with Crippen LogP contribution in [0.2, 0.25) is 0 Å². The molecule has 2 N–H and O–H groups in total. The van der Waals surface area contributed by atoms with Crippen molar-refractivity contribution in [3.63, 3.8) is 0 Å². The number of hydrogen-bond donors (Lipinski definition) is 2. The largest absolute Gasteiger partial charge is 0.455 e. The molecule has 11 aromatic rings. The number of rotatable bonds is 5. The monoisotopic (exact) mass is 750 g/mol. The SMILES string of the molecule is c1ccc(C2=NC(c3ccc4oc5c(-c6cccc7c6sc6c(-n8c9ccccc9c9ccccc98)cccc67)cccc5c4c3)NC(c3ccccc3)N2)cc1. The highest BCUT2D eigenvalue weighted by molar-refractivity contribution is 7.26. The van der Waals surface area contributed by atoms with Crippen LogP contribution in [-0.2, 0) is 0 Å². The molecule has 6 heteroatoms.